The lowest BCUT2D eigenvalue weighted by Crippen LogP contribution is -2.10. The van der Waals surface area contributed by atoms with E-state index in [-0.39, 0.29) is 5.12 Å². The minimum Gasteiger partial charge on any atom is -0.282 e. The average molecular weight is 479 g/mol. The molecule has 0 atom stereocenters. The monoisotopic (exact) mass is 478 g/mol. The van der Waals surface area contributed by atoms with Crippen LogP contribution in [0.15, 0.2) is 77.8 Å². The van der Waals surface area contributed by atoms with E-state index in [2.05, 4.69) is 10.2 Å². The third-order valence-corrected chi connectivity index (χ3v) is 6.57. The lowest BCUT2D eigenvalue weighted by atomic mass is 10.0. The number of thioether (sulfide) groups is 1. The Morgan fingerprint density at radius 1 is 0.938 bits per heavy atom. The van der Waals surface area contributed by atoms with Gasteiger partial charge in [-0.3, -0.25) is 14.4 Å². The fraction of sp³-hybridized carbons (Fsp3) is 0.0833. The second-order valence-electron chi connectivity index (χ2n) is 7.12. The number of carbonyl (C=O) groups is 1. The zero-order valence-corrected chi connectivity index (χ0v) is 19.0. The summed E-state index contributed by atoms with van der Waals surface area (Å²) in [5.41, 5.74) is 3.92. The first-order valence-corrected chi connectivity index (χ1v) is 11.6. The molecule has 1 aliphatic rings. The molecule has 0 amide bonds. The lowest BCUT2D eigenvalue weighted by molar-refractivity contribution is 0.108. The van der Waals surface area contributed by atoms with E-state index < -0.39 is 0 Å². The molecule has 5 rings (SSSR count). The SMILES string of the molecule is O=C(SCc1nnc2n1-c1ccc(Cl)cc1C(c1ccccc1Cl)=NC2)c1ccccc1. The smallest absolute Gasteiger partial charge is 0.219 e. The van der Waals surface area contributed by atoms with Crippen molar-refractivity contribution in [2.75, 3.05) is 0 Å². The summed E-state index contributed by atoms with van der Waals surface area (Å²) in [5.74, 6) is 1.75. The summed E-state index contributed by atoms with van der Waals surface area (Å²) >= 11 is 14.0. The van der Waals surface area contributed by atoms with Gasteiger partial charge in [0.05, 0.1) is 17.2 Å². The Hall–Kier alpha value is -2.93. The fourth-order valence-electron chi connectivity index (χ4n) is 3.63. The van der Waals surface area contributed by atoms with E-state index in [0.717, 1.165) is 22.5 Å². The van der Waals surface area contributed by atoms with Crippen LogP contribution >= 0.6 is 35.0 Å². The molecule has 5 nitrogen and oxygen atoms in total. The predicted molar refractivity (Wildman–Crippen MR) is 129 cm³/mol. The van der Waals surface area contributed by atoms with E-state index in [9.17, 15) is 4.79 Å². The second kappa shape index (κ2) is 8.90. The van der Waals surface area contributed by atoms with Crippen molar-refractivity contribution in [2.24, 2.45) is 4.99 Å². The second-order valence-corrected chi connectivity index (χ2v) is 8.91. The maximum Gasteiger partial charge on any atom is 0.219 e. The maximum atomic E-state index is 12.6. The summed E-state index contributed by atoms with van der Waals surface area (Å²) in [6, 6.07) is 22.4. The molecule has 0 aliphatic carbocycles. The van der Waals surface area contributed by atoms with E-state index >= 15 is 0 Å². The molecule has 32 heavy (non-hydrogen) atoms. The molecular formula is C24H16Cl2N4OS. The van der Waals surface area contributed by atoms with Crippen molar-refractivity contribution in [1.82, 2.24) is 14.8 Å². The predicted octanol–water partition coefficient (Wildman–Crippen LogP) is 6.00. The standard InChI is InChI=1S/C24H16Cl2N4OS/c25-16-10-11-20-18(12-16)23(17-8-4-5-9-19(17)26)27-13-21-28-29-22(30(20)21)14-32-24(31)15-6-2-1-3-7-15/h1-12H,13-14H2. The number of fused-ring (bicyclic) bond motifs is 3. The largest absolute Gasteiger partial charge is 0.282 e. The van der Waals surface area contributed by atoms with Crippen LogP contribution < -0.4 is 0 Å². The van der Waals surface area contributed by atoms with Crippen molar-refractivity contribution < 1.29 is 4.79 Å². The van der Waals surface area contributed by atoms with Crippen molar-refractivity contribution >= 4 is 45.8 Å². The Labute approximate surface area is 199 Å². The molecule has 0 saturated heterocycles. The van der Waals surface area contributed by atoms with E-state index in [1.165, 1.54) is 11.8 Å². The highest BCUT2D eigenvalue weighted by molar-refractivity contribution is 8.13. The topological polar surface area (TPSA) is 60.1 Å². The van der Waals surface area contributed by atoms with Crippen molar-refractivity contribution in [1.29, 1.82) is 0 Å². The first-order chi connectivity index (χ1) is 15.6. The van der Waals surface area contributed by atoms with Gasteiger partial charge in [-0.15, -0.1) is 10.2 Å². The van der Waals surface area contributed by atoms with Crippen molar-refractivity contribution in [2.45, 2.75) is 12.3 Å². The number of benzene rings is 3. The Bertz CT molecular complexity index is 1350. The summed E-state index contributed by atoms with van der Waals surface area (Å²) in [5, 5.41) is 9.90. The van der Waals surface area contributed by atoms with Gasteiger partial charge in [0, 0.05) is 26.7 Å². The number of aliphatic imine (C=N–C) groups is 1. The average Bonchev–Trinajstić information content (AvgIpc) is 3.14. The highest BCUT2D eigenvalue weighted by atomic mass is 35.5. The molecule has 8 heteroatoms. The van der Waals surface area contributed by atoms with Gasteiger partial charge >= 0.3 is 0 Å². The van der Waals surface area contributed by atoms with Gasteiger partial charge in [0.25, 0.3) is 0 Å². The Kier molecular flexibility index (Phi) is 5.83. The fourth-order valence-corrected chi connectivity index (χ4v) is 4.77. The lowest BCUT2D eigenvalue weighted by Gasteiger charge is -2.14. The number of carbonyl (C=O) groups excluding carboxylic acids is 1. The van der Waals surface area contributed by atoms with Gasteiger partial charge in [-0.2, -0.15) is 0 Å². The first-order valence-electron chi connectivity index (χ1n) is 9.87. The number of rotatable bonds is 4. The number of nitrogens with zero attached hydrogens (tertiary/aromatic N) is 4. The van der Waals surface area contributed by atoms with Crippen LogP contribution in [0, 0.1) is 0 Å². The third kappa shape index (κ3) is 3.97. The summed E-state index contributed by atoms with van der Waals surface area (Å²) in [6.07, 6.45) is 0. The molecule has 4 aromatic rings. The molecule has 0 unspecified atom stereocenters. The minimum atomic E-state index is -0.0130. The minimum absolute atomic E-state index is 0.0130. The number of hydrogen-bond donors (Lipinski definition) is 0. The van der Waals surface area contributed by atoms with E-state index in [1.54, 1.807) is 12.1 Å². The summed E-state index contributed by atoms with van der Waals surface area (Å²) in [6.45, 7) is 0.331. The highest BCUT2D eigenvalue weighted by Gasteiger charge is 2.24. The van der Waals surface area contributed by atoms with Crippen molar-refractivity contribution in [3.05, 3.63) is 111 Å². The van der Waals surface area contributed by atoms with Gasteiger partial charge in [0.15, 0.2) is 5.82 Å². The van der Waals surface area contributed by atoms with Gasteiger partial charge in [-0.25, -0.2) is 0 Å². The van der Waals surface area contributed by atoms with Gasteiger partial charge < -0.3 is 0 Å². The van der Waals surface area contributed by atoms with Gasteiger partial charge in [-0.1, -0.05) is 83.5 Å². The Balaban J connectivity index is 1.54. The molecule has 0 saturated carbocycles. The molecule has 0 radical (unpaired) electrons. The van der Waals surface area contributed by atoms with Crippen LogP contribution in [0.3, 0.4) is 0 Å². The molecule has 0 spiro atoms. The Morgan fingerprint density at radius 2 is 1.72 bits per heavy atom. The van der Waals surface area contributed by atoms with E-state index in [0.29, 0.717) is 39.6 Å². The van der Waals surface area contributed by atoms with Crippen LogP contribution in [0.1, 0.15) is 33.1 Å². The molecule has 0 bridgehead atoms. The van der Waals surface area contributed by atoms with Gasteiger partial charge in [0.2, 0.25) is 5.12 Å². The van der Waals surface area contributed by atoms with Crippen LogP contribution in [0.2, 0.25) is 10.0 Å². The maximum absolute atomic E-state index is 12.6. The van der Waals surface area contributed by atoms with Crippen molar-refractivity contribution in [3.63, 3.8) is 0 Å². The molecule has 158 valence electrons. The molecule has 0 fully saturated rings. The summed E-state index contributed by atoms with van der Waals surface area (Å²) in [7, 11) is 0. The summed E-state index contributed by atoms with van der Waals surface area (Å²) < 4.78 is 1.96. The molecule has 1 aliphatic heterocycles. The molecule has 2 heterocycles. The van der Waals surface area contributed by atoms with Gasteiger partial charge in [-0.05, 0) is 24.3 Å². The summed E-state index contributed by atoms with van der Waals surface area (Å²) in [4.78, 5) is 17.4. The highest BCUT2D eigenvalue weighted by Crippen LogP contribution is 2.31. The van der Waals surface area contributed by atoms with Crippen LogP contribution in [0.4, 0.5) is 0 Å². The molecule has 3 aromatic carbocycles. The normalized spacial score (nSPS) is 12.5. The number of halogens is 2. The Morgan fingerprint density at radius 3 is 2.53 bits per heavy atom. The van der Waals surface area contributed by atoms with E-state index in [4.69, 9.17) is 28.2 Å². The first kappa shape index (κ1) is 20.9. The van der Waals surface area contributed by atoms with Crippen LogP contribution in [0.5, 0.6) is 0 Å². The number of aromatic nitrogens is 3. The number of hydrogen-bond acceptors (Lipinski definition) is 5. The van der Waals surface area contributed by atoms with Crippen LogP contribution in [-0.4, -0.2) is 25.6 Å². The van der Waals surface area contributed by atoms with Crippen LogP contribution in [0.25, 0.3) is 5.69 Å². The molecule has 1 aromatic heterocycles. The molecular weight excluding hydrogens is 463 g/mol. The van der Waals surface area contributed by atoms with Crippen molar-refractivity contribution in [3.8, 4) is 5.69 Å². The van der Waals surface area contributed by atoms with Crippen LogP contribution in [-0.2, 0) is 12.3 Å². The third-order valence-electron chi connectivity index (χ3n) is 5.10. The zero-order chi connectivity index (χ0) is 22.1. The molecule has 0 N–H and O–H groups in total. The van der Waals surface area contributed by atoms with Gasteiger partial charge in [0.1, 0.15) is 12.4 Å². The quantitative estimate of drug-likeness (QED) is 0.360. The zero-order valence-electron chi connectivity index (χ0n) is 16.7. The van der Waals surface area contributed by atoms with E-state index in [1.807, 2.05) is 65.2 Å².